The predicted octanol–water partition coefficient (Wildman–Crippen LogP) is 6.31. The molecule has 2 nitrogen and oxygen atoms in total. The topological polar surface area (TPSA) is 29.5 Å². The van der Waals surface area contributed by atoms with Crippen LogP contribution in [0.15, 0.2) is 0 Å². The van der Waals surface area contributed by atoms with Crippen LogP contribution in [0, 0.1) is 40.4 Å². The Morgan fingerprint density at radius 2 is 1.48 bits per heavy atom. The first-order valence-electron chi connectivity index (χ1n) is 12.3. The molecule has 5 saturated carbocycles. The van der Waals surface area contributed by atoms with Gasteiger partial charge in [-0.1, -0.05) is 26.7 Å². The summed E-state index contributed by atoms with van der Waals surface area (Å²) in [4.78, 5) is 0. The van der Waals surface area contributed by atoms with E-state index >= 15 is 0 Å². The molecular formula is C25H42O2. The highest BCUT2D eigenvalue weighted by atomic mass is 16.6. The zero-order valence-electron chi connectivity index (χ0n) is 17.8. The van der Waals surface area contributed by atoms with E-state index in [1.165, 1.54) is 64.2 Å². The molecule has 1 unspecified atom stereocenters. The number of fused-ring (bicyclic) bond motifs is 5. The summed E-state index contributed by atoms with van der Waals surface area (Å²) < 4.78 is 6.19. The van der Waals surface area contributed by atoms with Gasteiger partial charge < -0.3 is 9.84 Å². The molecule has 1 N–H and O–H groups in total. The fourth-order valence-electron chi connectivity index (χ4n) is 9.01. The molecule has 0 heterocycles. The van der Waals surface area contributed by atoms with Crippen molar-refractivity contribution >= 4 is 0 Å². The Bertz CT molecular complexity index is 553. The summed E-state index contributed by atoms with van der Waals surface area (Å²) in [6.45, 7) is 6.09. The average Bonchev–Trinajstić information content (AvgIpc) is 3.23. The Morgan fingerprint density at radius 3 is 2.30 bits per heavy atom. The van der Waals surface area contributed by atoms with Gasteiger partial charge in [0.25, 0.3) is 0 Å². The Hall–Kier alpha value is -0.0800. The van der Waals surface area contributed by atoms with E-state index in [9.17, 15) is 5.11 Å². The summed E-state index contributed by atoms with van der Waals surface area (Å²) in [6, 6.07) is 0. The van der Waals surface area contributed by atoms with Crippen LogP contribution in [0.2, 0.25) is 0 Å². The van der Waals surface area contributed by atoms with Gasteiger partial charge >= 0.3 is 0 Å². The SMILES string of the molecule is C[C@]12CC[C@H]3[C@@H](CCC4CCCC[C@@]43C)[C@@H]1CC[C@@H]2COC1(O)CCCC1. The number of rotatable bonds is 3. The molecule has 2 heteroatoms. The Labute approximate surface area is 166 Å². The smallest absolute Gasteiger partial charge is 0.165 e. The first-order valence-corrected chi connectivity index (χ1v) is 12.3. The summed E-state index contributed by atoms with van der Waals surface area (Å²) in [5, 5.41) is 10.7. The van der Waals surface area contributed by atoms with Crippen LogP contribution in [0.25, 0.3) is 0 Å². The molecule has 0 bridgehead atoms. The molecule has 0 saturated heterocycles. The third-order valence-electron chi connectivity index (χ3n) is 10.7. The van der Waals surface area contributed by atoms with Gasteiger partial charge in [0.1, 0.15) is 0 Å². The first kappa shape index (κ1) is 18.9. The second-order valence-corrected chi connectivity index (χ2v) is 11.7. The lowest BCUT2D eigenvalue weighted by molar-refractivity contribution is -0.212. The van der Waals surface area contributed by atoms with E-state index in [4.69, 9.17) is 4.74 Å². The van der Waals surface area contributed by atoms with Crippen LogP contribution in [-0.4, -0.2) is 17.5 Å². The second kappa shape index (κ2) is 6.73. The van der Waals surface area contributed by atoms with E-state index < -0.39 is 5.79 Å². The van der Waals surface area contributed by atoms with Crippen LogP contribution in [0.5, 0.6) is 0 Å². The molecule has 0 aliphatic heterocycles. The van der Waals surface area contributed by atoms with Crippen LogP contribution < -0.4 is 0 Å². The number of hydrogen-bond acceptors (Lipinski definition) is 2. The van der Waals surface area contributed by atoms with Crippen LogP contribution in [-0.2, 0) is 4.74 Å². The molecule has 0 aromatic heterocycles. The van der Waals surface area contributed by atoms with Gasteiger partial charge in [-0.25, -0.2) is 0 Å². The third kappa shape index (κ3) is 2.95. The lowest BCUT2D eigenvalue weighted by Crippen LogP contribution is -2.53. The van der Waals surface area contributed by atoms with Crippen molar-refractivity contribution in [2.24, 2.45) is 40.4 Å². The summed E-state index contributed by atoms with van der Waals surface area (Å²) in [5.74, 6) is 3.79. The van der Waals surface area contributed by atoms with Crippen molar-refractivity contribution in [3.8, 4) is 0 Å². The fourth-order valence-corrected chi connectivity index (χ4v) is 9.01. The normalized spacial score (nSPS) is 51.4. The van der Waals surface area contributed by atoms with Gasteiger partial charge in [-0.3, -0.25) is 0 Å². The molecule has 5 aliphatic carbocycles. The minimum Gasteiger partial charge on any atom is -0.365 e. The summed E-state index contributed by atoms with van der Waals surface area (Å²) in [7, 11) is 0. The molecule has 5 aliphatic rings. The largest absolute Gasteiger partial charge is 0.365 e. The molecule has 0 radical (unpaired) electrons. The van der Waals surface area contributed by atoms with Gasteiger partial charge in [-0.2, -0.15) is 0 Å². The molecule has 0 spiro atoms. The van der Waals surface area contributed by atoms with Crippen LogP contribution in [0.4, 0.5) is 0 Å². The summed E-state index contributed by atoms with van der Waals surface area (Å²) in [6.07, 6.45) is 18.6. The number of hydrogen-bond donors (Lipinski definition) is 1. The molecule has 154 valence electrons. The van der Waals surface area contributed by atoms with E-state index in [1.807, 2.05) is 0 Å². The molecule has 27 heavy (non-hydrogen) atoms. The maximum absolute atomic E-state index is 10.7. The highest BCUT2D eigenvalue weighted by molar-refractivity contribution is 5.08. The predicted molar refractivity (Wildman–Crippen MR) is 109 cm³/mol. The van der Waals surface area contributed by atoms with Crippen molar-refractivity contribution < 1.29 is 9.84 Å². The van der Waals surface area contributed by atoms with Crippen molar-refractivity contribution in [3.05, 3.63) is 0 Å². The lowest BCUT2D eigenvalue weighted by Gasteiger charge is -2.60. The van der Waals surface area contributed by atoms with Crippen LogP contribution in [0.3, 0.4) is 0 Å². The van der Waals surface area contributed by atoms with Crippen molar-refractivity contribution in [1.82, 2.24) is 0 Å². The minimum atomic E-state index is -0.792. The van der Waals surface area contributed by atoms with Crippen molar-refractivity contribution in [1.29, 1.82) is 0 Å². The maximum Gasteiger partial charge on any atom is 0.165 e. The highest BCUT2D eigenvalue weighted by Gasteiger charge is 2.59. The first-order chi connectivity index (χ1) is 12.9. The maximum atomic E-state index is 10.7. The second-order valence-electron chi connectivity index (χ2n) is 11.7. The van der Waals surface area contributed by atoms with Gasteiger partial charge in [-0.15, -0.1) is 0 Å². The van der Waals surface area contributed by atoms with E-state index in [0.29, 0.717) is 16.7 Å². The fraction of sp³-hybridized carbons (Fsp3) is 1.00. The standard InChI is InChI=1S/C25H42O2/c1-23-13-4-3-7-18(23)8-10-20-21-11-9-19(24(21,2)16-12-22(20)23)17-27-25(26)14-5-6-15-25/h18-22,26H,3-17H2,1-2H3/t18?,19-,20+,21+,22+,23+,24-/m1/s1. The third-order valence-corrected chi connectivity index (χ3v) is 10.7. The van der Waals surface area contributed by atoms with E-state index in [-0.39, 0.29) is 0 Å². The minimum absolute atomic E-state index is 0.466. The zero-order valence-corrected chi connectivity index (χ0v) is 17.8. The van der Waals surface area contributed by atoms with E-state index in [0.717, 1.165) is 56.0 Å². The summed E-state index contributed by atoms with van der Waals surface area (Å²) >= 11 is 0. The lowest BCUT2D eigenvalue weighted by atomic mass is 9.45. The molecule has 7 atom stereocenters. The van der Waals surface area contributed by atoms with Gasteiger partial charge in [0.2, 0.25) is 0 Å². The van der Waals surface area contributed by atoms with Crippen LogP contribution >= 0.6 is 0 Å². The van der Waals surface area contributed by atoms with Gasteiger partial charge in [0.05, 0.1) is 6.61 Å². The highest BCUT2D eigenvalue weighted by Crippen LogP contribution is 2.67. The van der Waals surface area contributed by atoms with Crippen molar-refractivity contribution in [2.75, 3.05) is 6.61 Å². The molecule has 0 aromatic carbocycles. The molecular weight excluding hydrogens is 332 g/mol. The molecule has 5 rings (SSSR count). The summed E-state index contributed by atoms with van der Waals surface area (Å²) in [5.41, 5.74) is 1.12. The molecule has 5 fully saturated rings. The Kier molecular flexibility index (Phi) is 4.71. The average molecular weight is 375 g/mol. The number of aliphatic hydroxyl groups is 1. The van der Waals surface area contributed by atoms with E-state index in [2.05, 4.69) is 13.8 Å². The van der Waals surface area contributed by atoms with Gasteiger partial charge in [0, 0.05) is 12.8 Å². The van der Waals surface area contributed by atoms with Crippen molar-refractivity contribution in [3.63, 3.8) is 0 Å². The molecule has 0 amide bonds. The molecule has 0 aromatic rings. The monoisotopic (exact) mass is 374 g/mol. The Morgan fingerprint density at radius 1 is 0.741 bits per heavy atom. The quantitative estimate of drug-likeness (QED) is 0.586. The van der Waals surface area contributed by atoms with Gasteiger partial charge in [-0.05, 0) is 105 Å². The Balaban J connectivity index is 1.30. The van der Waals surface area contributed by atoms with Gasteiger partial charge in [0.15, 0.2) is 5.79 Å². The van der Waals surface area contributed by atoms with Crippen molar-refractivity contribution in [2.45, 2.75) is 110 Å². The van der Waals surface area contributed by atoms with Crippen LogP contribution in [0.1, 0.15) is 104 Å². The zero-order chi connectivity index (χ0) is 18.7. The number of ether oxygens (including phenoxy) is 1. The van der Waals surface area contributed by atoms with E-state index in [1.54, 1.807) is 0 Å².